The van der Waals surface area contributed by atoms with Gasteiger partial charge in [-0.05, 0) is 46.5 Å². The van der Waals surface area contributed by atoms with Crippen LogP contribution in [0.3, 0.4) is 0 Å². The van der Waals surface area contributed by atoms with Crippen molar-refractivity contribution in [1.82, 2.24) is 0 Å². The molecular weight excluding hydrogens is 300 g/mol. The average Bonchev–Trinajstić information content (AvgIpc) is 2.32. The molecule has 3 rings (SSSR count). The molecule has 0 amide bonds. The van der Waals surface area contributed by atoms with E-state index in [1.807, 2.05) is 13.0 Å². The van der Waals surface area contributed by atoms with Crippen molar-refractivity contribution in [3.05, 3.63) is 38.2 Å². The van der Waals surface area contributed by atoms with E-state index in [9.17, 15) is 9.90 Å². The van der Waals surface area contributed by atoms with Gasteiger partial charge in [0.15, 0.2) is 11.9 Å². The molecule has 94 valence electrons. The average molecular weight is 311 g/mol. The summed E-state index contributed by atoms with van der Waals surface area (Å²) in [7, 11) is 0. The van der Waals surface area contributed by atoms with E-state index in [2.05, 4.69) is 15.9 Å². The third-order valence-electron chi connectivity index (χ3n) is 3.13. The lowest BCUT2D eigenvalue weighted by Crippen LogP contribution is -2.22. The predicted octanol–water partition coefficient (Wildman–Crippen LogP) is 2.51. The van der Waals surface area contributed by atoms with Crippen LogP contribution in [0.15, 0.2) is 25.8 Å². The van der Waals surface area contributed by atoms with Crippen LogP contribution in [0, 0.1) is 6.92 Å². The molecule has 2 heterocycles. The fraction of sp³-hybridized carbons (Fsp3) is 0.308. The fourth-order valence-corrected chi connectivity index (χ4v) is 2.87. The lowest BCUT2D eigenvalue weighted by molar-refractivity contribution is -0.0321. The first kappa shape index (κ1) is 11.7. The van der Waals surface area contributed by atoms with E-state index in [1.165, 1.54) is 6.07 Å². The Hall–Kier alpha value is -1.33. The highest BCUT2D eigenvalue weighted by molar-refractivity contribution is 9.10. The van der Waals surface area contributed by atoms with Crippen LogP contribution in [0.4, 0.5) is 0 Å². The molecule has 1 aliphatic rings. The minimum Gasteiger partial charge on any atom is -0.464 e. The summed E-state index contributed by atoms with van der Waals surface area (Å²) in [4.78, 5) is 11.4. The second kappa shape index (κ2) is 4.10. The Morgan fingerprint density at radius 2 is 2.22 bits per heavy atom. The lowest BCUT2D eigenvalue weighted by Gasteiger charge is -2.23. The van der Waals surface area contributed by atoms with E-state index in [-0.39, 0.29) is 0 Å². The summed E-state index contributed by atoms with van der Waals surface area (Å²) in [6.45, 7) is 1.87. The Bertz CT molecular complexity index is 689. The normalized spacial score (nSPS) is 18.5. The topological polar surface area (TPSA) is 59.7 Å². The molecule has 1 aromatic heterocycles. The van der Waals surface area contributed by atoms with Crippen molar-refractivity contribution in [2.24, 2.45) is 0 Å². The number of aliphatic hydroxyl groups is 1. The summed E-state index contributed by atoms with van der Waals surface area (Å²) in [6.07, 6.45) is 0.507. The van der Waals surface area contributed by atoms with Crippen LogP contribution < -0.4 is 10.4 Å². The minimum atomic E-state index is -0.803. The van der Waals surface area contributed by atoms with Crippen LogP contribution in [0.5, 0.6) is 5.75 Å². The van der Waals surface area contributed by atoms with Crippen molar-refractivity contribution in [1.29, 1.82) is 0 Å². The lowest BCUT2D eigenvalue weighted by atomic mass is 10.0. The number of aliphatic hydroxyl groups excluding tert-OH is 1. The number of hydrogen-bond acceptors (Lipinski definition) is 4. The molecule has 4 nitrogen and oxygen atoms in total. The molecule has 0 bridgehead atoms. The van der Waals surface area contributed by atoms with Gasteiger partial charge in [-0.25, -0.2) is 4.79 Å². The summed E-state index contributed by atoms with van der Waals surface area (Å²) in [6, 6.07) is 3.43. The first-order valence-corrected chi connectivity index (χ1v) is 6.46. The predicted molar refractivity (Wildman–Crippen MR) is 69.9 cm³/mol. The van der Waals surface area contributed by atoms with Crippen molar-refractivity contribution < 1.29 is 14.3 Å². The molecule has 5 heteroatoms. The van der Waals surface area contributed by atoms with Crippen molar-refractivity contribution in [3.63, 3.8) is 0 Å². The van der Waals surface area contributed by atoms with E-state index < -0.39 is 11.9 Å². The van der Waals surface area contributed by atoms with Gasteiger partial charge in [0.2, 0.25) is 0 Å². The Morgan fingerprint density at radius 1 is 1.44 bits per heavy atom. The summed E-state index contributed by atoms with van der Waals surface area (Å²) >= 11 is 3.39. The van der Waals surface area contributed by atoms with Crippen molar-refractivity contribution >= 4 is 26.9 Å². The molecule has 0 saturated carbocycles. The highest BCUT2D eigenvalue weighted by Crippen LogP contribution is 2.40. The van der Waals surface area contributed by atoms with Gasteiger partial charge in [0, 0.05) is 17.9 Å². The number of rotatable bonds is 0. The third-order valence-corrected chi connectivity index (χ3v) is 3.85. The third kappa shape index (κ3) is 1.74. The van der Waals surface area contributed by atoms with Crippen LogP contribution in [0.25, 0.3) is 11.0 Å². The zero-order valence-electron chi connectivity index (χ0n) is 9.70. The van der Waals surface area contributed by atoms with Gasteiger partial charge in [-0.1, -0.05) is 0 Å². The number of halogens is 1. The van der Waals surface area contributed by atoms with Crippen molar-refractivity contribution in [3.8, 4) is 5.75 Å². The van der Waals surface area contributed by atoms with Crippen LogP contribution in [0.1, 0.15) is 17.5 Å². The highest BCUT2D eigenvalue weighted by atomic mass is 79.9. The zero-order valence-corrected chi connectivity index (χ0v) is 11.3. The van der Waals surface area contributed by atoms with E-state index in [0.717, 1.165) is 22.9 Å². The van der Waals surface area contributed by atoms with Gasteiger partial charge < -0.3 is 14.3 Å². The monoisotopic (exact) mass is 310 g/mol. The van der Waals surface area contributed by atoms with Gasteiger partial charge in [0.1, 0.15) is 10.2 Å². The maximum absolute atomic E-state index is 11.4. The minimum absolute atomic E-state index is 0.392. The Morgan fingerprint density at radius 3 is 3.00 bits per heavy atom. The molecule has 1 aliphatic heterocycles. The van der Waals surface area contributed by atoms with E-state index in [4.69, 9.17) is 9.15 Å². The van der Waals surface area contributed by atoms with E-state index in [0.29, 0.717) is 22.2 Å². The van der Waals surface area contributed by atoms with Crippen LogP contribution in [0.2, 0.25) is 0 Å². The molecule has 18 heavy (non-hydrogen) atoms. The quantitative estimate of drug-likeness (QED) is 0.760. The molecule has 0 aliphatic carbocycles. The number of aryl methyl sites for hydroxylation is 2. The first-order chi connectivity index (χ1) is 8.56. The largest absolute Gasteiger partial charge is 0.464 e. The molecule has 0 fully saturated rings. The van der Waals surface area contributed by atoms with Gasteiger partial charge in [-0.2, -0.15) is 0 Å². The Kier molecular flexibility index (Phi) is 2.68. The van der Waals surface area contributed by atoms with Crippen molar-refractivity contribution in [2.45, 2.75) is 26.1 Å². The number of benzene rings is 1. The molecular formula is C13H11BrO4. The molecule has 0 radical (unpaired) electrons. The molecule has 2 aromatic rings. The highest BCUT2D eigenvalue weighted by Gasteiger charge is 2.23. The smallest absolute Gasteiger partial charge is 0.336 e. The molecule has 1 aromatic carbocycles. The molecule has 0 saturated heterocycles. The number of ether oxygens (including phenoxy) is 1. The van der Waals surface area contributed by atoms with Crippen LogP contribution >= 0.6 is 15.9 Å². The van der Waals surface area contributed by atoms with Gasteiger partial charge in [0.05, 0.1) is 0 Å². The van der Waals surface area contributed by atoms with E-state index >= 15 is 0 Å². The second-order valence-corrected chi connectivity index (χ2v) is 5.21. The van der Waals surface area contributed by atoms with Crippen molar-refractivity contribution in [2.75, 3.05) is 0 Å². The number of fused-ring (bicyclic) bond motifs is 2. The van der Waals surface area contributed by atoms with Gasteiger partial charge in [0.25, 0.3) is 0 Å². The second-order valence-electron chi connectivity index (χ2n) is 4.42. The molecule has 0 spiro atoms. The fourth-order valence-electron chi connectivity index (χ4n) is 2.23. The number of hydrogen-bond donors (Lipinski definition) is 1. The molecule has 1 unspecified atom stereocenters. The summed E-state index contributed by atoms with van der Waals surface area (Å²) in [5.41, 5.74) is 1.96. The first-order valence-electron chi connectivity index (χ1n) is 5.67. The standard InChI is InChI=1S/C13H11BrO4/c1-6-4-10(16)18-13-8(6)5-7-2-3-9(15)17-12(7)11(13)14/h4-5,9,15H,2-3H2,1H3. The van der Waals surface area contributed by atoms with Crippen LogP contribution in [-0.4, -0.2) is 11.4 Å². The summed E-state index contributed by atoms with van der Waals surface area (Å²) in [5, 5.41) is 10.4. The van der Waals surface area contributed by atoms with Gasteiger partial charge in [-0.3, -0.25) is 0 Å². The van der Waals surface area contributed by atoms with Gasteiger partial charge >= 0.3 is 5.63 Å². The van der Waals surface area contributed by atoms with Crippen LogP contribution in [-0.2, 0) is 6.42 Å². The summed E-state index contributed by atoms with van der Waals surface area (Å²) in [5.74, 6) is 0.565. The molecule has 1 atom stereocenters. The Labute approximate surface area is 111 Å². The maximum Gasteiger partial charge on any atom is 0.336 e. The Balaban J connectivity index is 2.37. The van der Waals surface area contributed by atoms with Gasteiger partial charge in [-0.15, -0.1) is 0 Å². The molecule has 1 N–H and O–H groups in total. The zero-order chi connectivity index (χ0) is 12.9. The SMILES string of the molecule is Cc1cc(=O)oc2c(Br)c3c(cc12)CCC(O)O3. The maximum atomic E-state index is 11.4. The van der Waals surface area contributed by atoms with E-state index in [1.54, 1.807) is 0 Å². The summed E-state index contributed by atoms with van der Waals surface area (Å²) < 4.78 is 11.2.